The molecular weight excluding hydrogens is 260 g/mol. The normalized spacial score (nSPS) is 12.3. The second-order valence-corrected chi connectivity index (χ2v) is 4.91. The van der Waals surface area contributed by atoms with Gasteiger partial charge in [-0.1, -0.05) is 5.16 Å². The maximum absolute atomic E-state index is 8.79. The molecule has 0 amide bonds. The van der Waals surface area contributed by atoms with E-state index in [1.807, 2.05) is 13.8 Å². The van der Waals surface area contributed by atoms with Gasteiger partial charge in [-0.05, 0) is 26.0 Å². The molecule has 0 radical (unpaired) electrons. The van der Waals surface area contributed by atoms with Crippen LogP contribution in [0.4, 0.5) is 0 Å². The molecule has 0 aliphatic heterocycles. The summed E-state index contributed by atoms with van der Waals surface area (Å²) in [5.74, 6) is 1.14. The average molecular weight is 282 g/mol. The number of benzene rings is 1. The van der Waals surface area contributed by atoms with Gasteiger partial charge in [0.2, 0.25) is 0 Å². The molecule has 1 rings (SSSR count). The summed E-state index contributed by atoms with van der Waals surface area (Å²) in [5, 5.41) is 11.8. The summed E-state index contributed by atoms with van der Waals surface area (Å²) in [7, 11) is 3.23. The van der Waals surface area contributed by atoms with Crippen molar-refractivity contribution in [2.75, 3.05) is 20.8 Å². The molecule has 0 bridgehead atoms. The number of oxime groups is 1. The van der Waals surface area contributed by atoms with Gasteiger partial charge in [0.25, 0.3) is 0 Å². The third-order valence-electron chi connectivity index (χ3n) is 3.09. The lowest BCUT2D eigenvalue weighted by atomic mass is 10.1. The Balaban J connectivity index is 2.86. The molecule has 0 aromatic heterocycles. The van der Waals surface area contributed by atoms with E-state index in [0.717, 1.165) is 0 Å². The number of ether oxygens (including phenoxy) is 3. The minimum atomic E-state index is -0.268. The molecule has 6 nitrogen and oxygen atoms in total. The van der Waals surface area contributed by atoms with Crippen molar-refractivity contribution in [3.63, 3.8) is 0 Å². The lowest BCUT2D eigenvalue weighted by molar-refractivity contribution is 0.00543. The van der Waals surface area contributed by atoms with Crippen molar-refractivity contribution in [1.82, 2.24) is 0 Å². The Kier molecular flexibility index (Phi) is 5.64. The predicted molar refractivity (Wildman–Crippen MR) is 76.7 cm³/mol. The van der Waals surface area contributed by atoms with Gasteiger partial charge in [0, 0.05) is 19.6 Å². The number of nitrogens with zero attached hydrogens (tertiary/aromatic N) is 1. The Morgan fingerprint density at radius 3 is 2.60 bits per heavy atom. The molecule has 0 spiro atoms. The van der Waals surface area contributed by atoms with E-state index in [1.54, 1.807) is 32.4 Å². The molecule has 0 aliphatic carbocycles. The highest BCUT2D eigenvalue weighted by Gasteiger charge is 2.17. The lowest BCUT2D eigenvalue weighted by Gasteiger charge is -2.23. The van der Waals surface area contributed by atoms with Gasteiger partial charge < -0.3 is 25.2 Å². The van der Waals surface area contributed by atoms with E-state index < -0.39 is 0 Å². The first-order chi connectivity index (χ1) is 9.43. The van der Waals surface area contributed by atoms with Gasteiger partial charge in [-0.15, -0.1) is 0 Å². The molecule has 0 atom stereocenters. The third kappa shape index (κ3) is 4.31. The zero-order valence-corrected chi connectivity index (χ0v) is 12.3. The van der Waals surface area contributed by atoms with Gasteiger partial charge >= 0.3 is 0 Å². The summed E-state index contributed by atoms with van der Waals surface area (Å²) in [5.41, 5.74) is 5.87. The van der Waals surface area contributed by atoms with Gasteiger partial charge in [0.05, 0.1) is 24.9 Å². The number of nitrogens with two attached hydrogens (primary N) is 1. The van der Waals surface area contributed by atoms with E-state index in [9.17, 15) is 0 Å². The predicted octanol–water partition coefficient (Wildman–Crippen LogP) is 1.98. The number of hydrogen-bond acceptors (Lipinski definition) is 5. The highest BCUT2D eigenvalue weighted by atomic mass is 16.5. The number of rotatable bonds is 7. The van der Waals surface area contributed by atoms with Crippen LogP contribution in [0.25, 0.3) is 0 Å². The Morgan fingerprint density at radius 2 is 2.05 bits per heavy atom. The van der Waals surface area contributed by atoms with E-state index in [1.165, 1.54) is 0 Å². The minimum absolute atomic E-state index is 0.00588. The molecule has 0 saturated carbocycles. The lowest BCUT2D eigenvalue weighted by Crippen LogP contribution is -2.25. The highest BCUT2D eigenvalue weighted by Crippen LogP contribution is 2.25. The number of methoxy groups -OCH3 is 2. The molecule has 112 valence electrons. The molecule has 1 aromatic rings. The number of hydrogen-bond donors (Lipinski definition) is 2. The van der Waals surface area contributed by atoms with Crippen LogP contribution in [0, 0.1) is 0 Å². The summed E-state index contributed by atoms with van der Waals surface area (Å²) in [6.07, 6.45) is 0.705. The molecule has 1 aromatic carbocycles. The summed E-state index contributed by atoms with van der Waals surface area (Å²) >= 11 is 0. The smallest absolute Gasteiger partial charge is 0.173 e. The Hall–Kier alpha value is -1.95. The first-order valence-corrected chi connectivity index (χ1v) is 6.27. The fourth-order valence-electron chi connectivity index (χ4n) is 1.52. The van der Waals surface area contributed by atoms with Crippen LogP contribution in [0.1, 0.15) is 25.8 Å². The van der Waals surface area contributed by atoms with E-state index >= 15 is 0 Å². The Morgan fingerprint density at radius 1 is 1.35 bits per heavy atom. The van der Waals surface area contributed by atoms with Crippen LogP contribution in [0.2, 0.25) is 0 Å². The van der Waals surface area contributed by atoms with E-state index in [4.69, 9.17) is 25.2 Å². The van der Waals surface area contributed by atoms with E-state index in [2.05, 4.69) is 5.16 Å². The standard InChI is InChI=1S/C14H22N2O4/c1-14(2,19-4)7-8-20-12-9-10(18-3)5-6-11(12)13(15)16-17/h5-6,9,17H,7-8H2,1-4H3,(H2,15,16). The van der Waals surface area contributed by atoms with Gasteiger partial charge in [-0.2, -0.15) is 0 Å². The molecule has 6 heteroatoms. The zero-order valence-electron chi connectivity index (χ0n) is 12.3. The van der Waals surface area contributed by atoms with E-state index in [0.29, 0.717) is 30.1 Å². The van der Waals surface area contributed by atoms with Gasteiger partial charge in [-0.25, -0.2) is 0 Å². The largest absolute Gasteiger partial charge is 0.497 e. The van der Waals surface area contributed by atoms with Crippen molar-refractivity contribution in [2.24, 2.45) is 10.9 Å². The van der Waals surface area contributed by atoms with Crippen LogP contribution < -0.4 is 15.2 Å². The SMILES string of the molecule is COc1ccc(/C(N)=N/O)c(OCCC(C)(C)OC)c1. The van der Waals surface area contributed by atoms with Crippen molar-refractivity contribution in [1.29, 1.82) is 0 Å². The van der Waals surface area contributed by atoms with Gasteiger partial charge in [0.15, 0.2) is 5.84 Å². The molecule has 20 heavy (non-hydrogen) atoms. The maximum Gasteiger partial charge on any atom is 0.173 e. The molecular formula is C14H22N2O4. The zero-order chi connectivity index (χ0) is 15.2. The monoisotopic (exact) mass is 282 g/mol. The van der Waals surface area contributed by atoms with Crippen LogP contribution in [0.5, 0.6) is 11.5 Å². The number of amidine groups is 1. The third-order valence-corrected chi connectivity index (χ3v) is 3.09. The van der Waals surface area contributed by atoms with Crippen LogP contribution >= 0.6 is 0 Å². The van der Waals surface area contributed by atoms with Gasteiger partial charge in [-0.3, -0.25) is 0 Å². The maximum atomic E-state index is 8.79. The molecule has 0 unspecified atom stereocenters. The molecule has 0 heterocycles. The van der Waals surface area contributed by atoms with Gasteiger partial charge in [0.1, 0.15) is 11.5 Å². The first-order valence-electron chi connectivity index (χ1n) is 6.27. The first kappa shape index (κ1) is 16.1. The van der Waals surface area contributed by atoms with Crippen molar-refractivity contribution in [3.8, 4) is 11.5 Å². The van der Waals surface area contributed by atoms with E-state index in [-0.39, 0.29) is 11.4 Å². The summed E-state index contributed by atoms with van der Waals surface area (Å²) < 4.78 is 16.2. The quantitative estimate of drug-likeness (QED) is 0.345. The fourth-order valence-corrected chi connectivity index (χ4v) is 1.52. The summed E-state index contributed by atoms with van der Waals surface area (Å²) in [6.45, 7) is 4.40. The highest BCUT2D eigenvalue weighted by molar-refractivity contribution is 5.99. The second-order valence-electron chi connectivity index (χ2n) is 4.91. The van der Waals surface area contributed by atoms with Crippen molar-refractivity contribution < 1.29 is 19.4 Å². The Labute approximate surface area is 119 Å². The van der Waals surface area contributed by atoms with Crippen molar-refractivity contribution in [2.45, 2.75) is 25.9 Å². The molecule has 3 N–H and O–H groups in total. The molecule has 0 fully saturated rings. The van der Waals surface area contributed by atoms with Crippen molar-refractivity contribution >= 4 is 5.84 Å². The van der Waals surface area contributed by atoms with Crippen LogP contribution in [0.3, 0.4) is 0 Å². The fraction of sp³-hybridized carbons (Fsp3) is 0.500. The minimum Gasteiger partial charge on any atom is -0.497 e. The van der Waals surface area contributed by atoms with Crippen LogP contribution in [-0.4, -0.2) is 37.5 Å². The second kappa shape index (κ2) is 7.00. The Bertz CT molecular complexity index is 472. The molecule has 0 saturated heterocycles. The average Bonchev–Trinajstić information content (AvgIpc) is 2.46. The van der Waals surface area contributed by atoms with Crippen LogP contribution in [0.15, 0.2) is 23.4 Å². The van der Waals surface area contributed by atoms with Crippen LogP contribution in [-0.2, 0) is 4.74 Å². The topological polar surface area (TPSA) is 86.3 Å². The summed E-state index contributed by atoms with van der Waals surface area (Å²) in [6, 6.07) is 5.11. The summed E-state index contributed by atoms with van der Waals surface area (Å²) in [4.78, 5) is 0. The molecule has 0 aliphatic rings. The van der Waals surface area contributed by atoms with Crippen molar-refractivity contribution in [3.05, 3.63) is 23.8 Å².